The molecule has 26 heavy (non-hydrogen) atoms. The van der Waals surface area contributed by atoms with Gasteiger partial charge in [-0.05, 0) is 43.9 Å². The fourth-order valence-corrected chi connectivity index (χ4v) is 3.46. The number of rotatable bonds is 7. The van der Waals surface area contributed by atoms with Gasteiger partial charge >= 0.3 is 5.97 Å². The van der Waals surface area contributed by atoms with Crippen LogP contribution in [0.25, 0.3) is 5.70 Å². The van der Waals surface area contributed by atoms with Crippen molar-refractivity contribution < 1.29 is 14.7 Å². The molecular formula is C19H26N4O3. The van der Waals surface area contributed by atoms with Crippen molar-refractivity contribution in [1.82, 2.24) is 10.4 Å². The molecule has 1 spiro atoms. The van der Waals surface area contributed by atoms with Gasteiger partial charge in [0, 0.05) is 25.1 Å². The molecule has 0 amide bonds. The van der Waals surface area contributed by atoms with Gasteiger partial charge in [0.15, 0.2) is 0 Å². The number of carboxylic acids is 1. The first-order valence-electron chi connectivity index (χ1n) is 9.03. The van der Waals surface area contributed by atoms with Gasteiger partial charge in [-0.3, -0.25) is 20.5 Å². The van der Waals surface area contributed by atoms with E-state index in [0.717, 1.165) is 56.6 Å². The molecule has 1 saturated heterocycles. The highest BCUT2D eigenvalue weighted by atomic mass is 16.7. The lowest BCUT2D eigenvalue weighted by molar-refractivity contribution is -0.137. The predicted octanol–water partition coefficient (Wildman–Crippen LogP) is 1.94. The molecule has 1 aromatic rings. The SMILES string of the molecule is N=C(N)c1ccc(C2=CC3(CCN(CCCCC(=O)O)CC3)ON2)cc1. The van der Waals surface area contributed by atoms with E-state index in [4.69, 9.17) is 21.1 Å². The molecule has 7 heteroatoms. The number of amidine groups is 1. The molecule has 2 aliphatic heterocycles. The van der Waals surface area contributed by atoms with Crippen molar-refractivity contribution in [3.05, 3.63) is 41.5 Å². The Morgan fingerprint density at radius 3 is 2.58 bits per heavy atom. The first-order chi connectivity index (χ1) is 12.5. The van der Waals surface area contributed by atoms with Crippen LogP contribution in [0, 0.1) is 5.41 Å². The summed E-state index contributed by atoms with van der Waals surface area (Å²) in [6, 6.07) is 7.56. The van der Waals surface area contributed by atoms with Crippen molar-refractivity contribution in [2.75, 3.05) is 19.6 Å². The third-order valence-corrected chi connectivity index (χ3v) is 5.10. The number of hydrogen-bond acceptors (Lipinski definition) is 5. The summed E-state index contributed by atoms with van der Waals surface area (Å²) in [5.74, 6) is -0.657. The van der Waals surface area contributed by atoms with E-state index in [1.54, 1.807) is 0 Å². The van der Waals surface area contributed by atoms with Crippen LogP contribution in [0.3, 0.4) is 0 Å². The smallest absolute Gasteiger partial charge is 0.303 e. The van der Waals surface area contributed by atoms with Crippen LogP contribution in [0.15, 0.2) is 30.3 Å². The average Bonchev–Trinajstić information content (AvgIpc) is 3.04. The quantitative estimate of drug-likeness (QED) is 0.337. The molecule has 0 aliphatic carbocycles. The Labute approximate surface area is 153 Å². The number of benzene rings is 1. The highest BCUT2D eigenvalue weighted by Gasteiger charge is 2.38. The molecule has 0 bridgehead atoms. The number of carboxylic acid groups (broad SMARTS) is 1. The van der Waals surface area contributed by atoms with E-state index < -0.39 is 5.97 Å². The second-order valence-corrected chi connectivity index (χ2v) is 7.01. The molecule has 140 valence electrons. The maximum Gasteiger partial charge on any atom is 0.303 e. The number of nitrogens with zero attached hydrogens (tertiary/aromatic N) is 1. The Hall–Kier alpha value is -2.38. The normalized spacial score (nSPS) is 19.2. The number of nitrogens with two attached hydrogens (primary N) is 1. The van der Waals surface area contributed by atoms with Gasteiger partial charge in [-0.1, -0.05) is 24.3 Å². The molecule has 2 heterocycles. The van der Waals surface area contributed by atoms with Gasteiger partial charge in [0.05, 0.1) is 5.70 Å². The van der Waals surface area contributed by atoms with Gasteiger partial charge in [0.25, 0.3) is 0 Å². The number of aliphatic carboxylic acids is 1. The van der Waals surface area contributed by atoms with Crippen LogP contribution in [0.2, 0.25) is 0 Å². The summed E-state index contributed by atoms with van der Waals surface area (Å²) >= 11 is 0. The monoisotopic (exact) mass is 358 g/mol. The highest BCUT2D eigenvalue weighted by Crippen LogP contribution is 2.34. The van der Waals surface area contributed by atoms with E-state index in [2.05, 4.69) is 16.5 Å². The van der Waals surface area contributed by atoms with E-state index in [1.807, 2.05) is 24.3 Å². The zero-order chi connectivity index (χ0) is 18.6. The Balaban J connectivity index is 1.53. The summed E-state index contributed by atoms with van der Waals surface area (Å²) in [7, 11) is 0. The zero-order valence-corrected chi connectivity index (χ0v) is 14.8. The lowest BCUT2D eigenvalue weighted by atomic mass is 9.90. The second-order valence-electron chi connectivity index (χ2n) is 7.01. The van der Waals surface area contributed by atoms with Crippen molar-refractivity contribution in [3.63, 3.8) is 0 Å². The standard InChI is InChI=1S/C19H26N4O3/c20-18(21)15-6-4-14(5-7-15)16-13-19(26-22-16)8-11-23(12-9-19)10-2-1-3-17(24)25/h4-7,13,22H,1-3,8-12H2,(H3,20,21)(H,24,25). The first-order valence-corrected chi connectivity index (χ1v) is 9.03. The van der Waals surface area contributed by atoms with Gasteiger partial charge in [0.1, 0.15) is 11.4 Å². The minimum atomic E-state index is -0.720. The van der Waals surface area contributed by atoms with Crippen molar-refractivity contribution in [2.24, 2.45) is 5.73 Å². The number of hydroxylamine groups is 1. The van der Waals surface area contributed by atoms with Crippen molar-refractivity contribution in [2.45, 2.75) is 37.7 Å². The number of unbranched alkanes of at least 4 members (excludes halogenated alkanes) is 1. The minimum Gasteiger partial charge on any atom is -0.481 e. The third kappa shape index (κ3) is 4.42. The fraction of sp³-hybridized carbons (Fsp3) is 0.474. The minimum absolute atomic E-state index is 0.0633. The van der Waals surface area contributed by atoms with Crippen molar-refractivity contribution >= 4 is 17.5 Å². The topological polar surface area (TPSA) is 112 Å². The molecule has 0 atom stereocenters. The van der Waals surface area contributed by atoms with E-state index >= 15 is 0 Å². The fourth-order valence-electron chi connectivity index (χ4n) is 3.46. The largest absolute Gasteiger partial charge is 0.481 e. The van der Waals surface area contributed by atoms with E-state index in [-0.39, 0.29) is 17.9 Å². The van der Waals surface area contributed by atoms with Crippen LogP contribution in [-0.2, 0) is 9.63 Å². The molecular weight excluding hydrogens is 332 g/mol. The molecule has 1 fully saturated rings. The average molecular weight is 358 g/mol. The van der Waals surface area contributed by atoms with Gasteiger partial charge in [0.2, 0.25) is 0 Å². The van der Waals surface area contributed by atoms with Gasteiger partial charge in [-0.25, -0.2) is 0 Å². The maximum atomic E-state index is 10.6. The van der Waals surface area contributed by atoms with E-state index in [0.29, 0.717) is 5.56 Å². The van der Waals surface area contributed by atoms with Crippen LogP contribution in [0.1, 0.15) is 43.2 Å². The van der Waals surface area contributed by atoms with E-state index in [9.17, 15) is 4.79 Å². The Morgan fingerprint density at radius 2 is 1.96 bits per heavy atom. The van der Waals surface area contributed by atoms with Crippen LogP contribution < -0.4 is 11.2 Å². The summed E-state index contributed by atoms with van der Waals surface area (Å²) < 4.78 is 0. The Morgan fingerprint density at radius 1 is 1.27 bits per heavy atom. The van der Waals surface area contributed by atoms with Gasteiger partial charge in [-0.15, -0.1) is 0 Å². The summed E-state index contributed by atoms with van der Waals surface area (Å²) in [4.78, 5) is 18.9. The molecule has 0 radical (unpaired) electrons. The van der Waals surface area contributed by atoms with Crippen LogP contribution in [0.5, 0.6) is 0 Å². The molecule has 7 nitrogen and oxygen atoms in total. The summed E-state index contributed by atoms with van der Waals surface area (Å²) in [6.45, 7) is 2.84. The van der Waals surface area contributed by atoms with E-state index in [1.165, 1.54) is 0 Å². The first kappa shape index (κ1) is 18.4. The Bertz CT molecular complexity index is 691. The van der Waals surface area contributed by atoms with Crippen LogP contribution in [-0.4, -0.2) is 47.0 Å². The molecule has 1 aromatic carbocycles. The number of nitrogen functional groups attached to an aromatic ring is 1. The molecule has 5 N–H and O–H groups in total. The molecule has 2 aliphatic rings. The van der Waals surface area contributed by atoms with Crippen molar-refractivity contribution in [3.8, 4) is 0 Å². The number of piperidine rings is 1. The highest BCUT2D eigenvalue weighted by molar-refractivity contribution is 5.95. The van der Waals surface area contributed by atoms with Gasteiger partial charge < -0.3 is 15.7 Å². The summed E-state index contributed by atoms with van der Waals surface area (Å²) in [5.41, 5.74) is 11.0. The number of likely N-dealkylation sites (tertiary alicyclic amines) is 1. The van der Waals surface area contributed by atoms with Crippen LogP contribution in [0.4, 0.5) is 0 Å². The number of carbonyl (C=O) groups is 1. The summed E-state index contributed by atoms with van der Waals surface area (Å²) in [5, 5.41) is 16.2. The predicted molar refractivity (Wildman–Crippen MR) is 99.5 cm³/mol. The second kappa shape index (κ2) is 7.88. The molecule has 0 unspecified atom stereocenters. The number of hydrogen-bond donors (Lipinski definition) is 4. The molecule has 3 rings (SSSR count). The zero-order valence-electron chi connectivity index (χ0n) is 14.8. The Kier molecular flexibility index (Phi) is 5.58. The molecule has 0 aromatic heterocycles. The van der Waals surface area contributed by atoms with Gasteiger partial charge in [-0.2, -0.15) is 0 Å². The lowest BCUT2D eigenvalue weighted by Crippen LogP contribution is -2.44. The lowest BCUT2D eigenvalue weighted by Gasteiger charge is -2.36. The number of nitrogens with one attached hydrogen (secondary N) is 2. The maximum absolute atomic E-state index is 10.6. The summed E-state index contributed by atoms with van der Waals surface area (Å²) in [6.07, 6.45) is 5.89. The van der Waals surface area contributed by atoms with Crippen molar-refractivity contribution in [1.29, 1.82) is 5.41 Å². The third-order valence-electron chi connectivity index (χ3n) is 5.10. The molecule has 0 saturated carbocycles. The van der Waals surface area contributed by atoms with Crippen LogP contribution >= 0.6 is 0 Å².